The van der Waals surface area contributed by atoms with Gasteiger partial charge < -0.3 is 9.67 Å². The molecule has 1 N–H and O–H groups in total. The van der Waals surface area contributed by atoms with Crippen LogP contribution in [0.2, 0.25) is 0 Å². The maximum atomic E-state index is 13.3. The van der Waals surface area contributed by atoms with E-state index in [1.807, 2.05) is 6.07 Å². The van der Waals surface area contributed by atoms with Gasteiger partial charge in [0, 0.05) is 25.0 Å². The molecule has 2 rings (SSSR count). The minimum absolute atomic E-state index is 0.160. The molecule has 0 aliphatic rings. The number of carboxylic acids is 1. The van der Waals surface area contributed by atoms with Gasteiger partial charge in [-0.25, -0.2) is 9.18 Å². The van der Waals surface area contributed by atoms with Crippen molar-refractivity contribution in [3.8, 4) is 6.07 Å². The van der Waals surface area contributed by atoms with Crippen LogP contribution in [0.3, 0.4) is 0 Å². The third-order valence-electron chi connectivity index (χ3n) is 2.66. The smallest absolute Gasteiger partial charge is 0.341 e. The van der Waals surface area contributed by atoms with Crippen molar-refractivity contribution in [1.82, 2.24) is 4.57 Å². The zero-order valence-electron chi connectivity index (χ0n) is 10.2. The van der Waals surface area contributed by atoms with Crippen LogP contribution in [0.5, 0.6) is 0 Å². The Bertz CT molecular complexity index is 775. The van der Waals surface area contributed by atoms with Gasteiger partial charge in [0.2, 0.25) is 0 Å². The number of nitrogens with zero attached hydrogens (tertiary/aromatic N) is 2. The van der Waals surface area contributed by atoms with E-state index in [4.69, 9.17) is 10.4 Å². The highest BCUT2D eigenvalue weighted by atomic mass is 19.1. The Morgan fingerprint density at radius 2 is 2.15 bits per heavy atom. The van der Waals surface area contributed by atoms with Crippen molar-refractivity contribution in [2.45, 2.75) is 6.54 Å². The van der Waals surface area contributed by atoms with Gasteiger partial charge in [-0.15, -0.1) is 0 Å². The van der Waals surface area contributed by atoms with Crippen molar-refractivity contribution >= 4 is 5.97 Å². The number of halogens is 1. The van der Waals surface area contributed by atoms with Crippen molar-refractivity contribution in [2.75, 3.05) is 0 Å². The monoisotopic (exact) mass is 272 g/mol. The largest absolute Gasteiger partial charge is 0.477 e. The molecule has 0 fully saturated rings. The maximum absolute atomic E-state index is 13.3. The van der Waals surface area contributed by atoms with Gasteiger partial charge in [0.25, 0.3) is 0 Å². The molecule has 5 nitrogen and oxygen atoms in total. The predicted octanol–water partition coefficient (Wildman–Crippen LogP) is 1.61. The van der Waals surface area contributed by atoms with Gasteiger partial charge in [-0.2, -0.15) is 5.26 Å². The van der Waals surface area contributed by atoms with E-state index in [0.29, 0.717) is 5.56 Å². The summed E-state index contributed by atoms with van der Waals surface area (Å²) in [4.78, 5) is 22.2. The summed E-state index contributed by atoms with van der Waals surface area (Å²) in [7, 11) is 0. The van der Waals surface area contributed by atoms with Crippen LogP contribution >= 0.6 is 0 Å². The predicted molar refractivity (Wildman–Crippen MR) is 67.9 cm³/mol. The van der Waals surface area contributed by atoms with Crippen molar-refractivity contribution in [3.05, 3.63) is 69.4 Å². The molecule has 0 saturated heterocycles. The van der Waals surface area contributed by atoms with Crippen molar-refractivity contribution in [1.29, 1.82) is 5.26 Å². The fourth-order valence-electron chi connectivity index (χ4n) is 1.80. The molecule has 0 radical (unpaired) electrons. The standard InChI is InChI=1S/C14H9FN2O3/c15-11-4-9(6-16)3-10(5-11)7-17-2-1-13(18)12(8-17)14(19)20/h1-5,8H,7H2,(H,19,20). The molecule has 0 atom stereocenters. The molecule has 0 bridgehead atoms. The number of pyridine rings is 1. The van der Waals surface area contributed by atoms with E-state index in [9.17, 15) is 14.0 Å². The number of hydrogen-bond donors (Lipinski definition) is 1. The highest BCUT2D eigenvalue weighted by molar-refractivity contribution is 5.86. The summed E-state index contributed by atoms with van der Waals surface area (Å²) in [5.41, 5.74) is -0.267. The maximum Gasteiger partial charge on any atom is 0.341 e. The number of aromatic nitrogens is 1. The number of nitriles is 1. The molecule has 1 aromatic carbocycles. The lowest BCUT2D eigenvalue weighted by molar-refractivity contribution is 0.0694. The number of benzene rings is 1. The molecular formula is C14H9FN2O3. The average molecular weight is 272 g/mol. The first-order chi connectivity index (χ1) is 9.49. The quantitative estimate of drug-likeness (QED) is 0.920. The first-order valence-corrected chi connectivity index (χ1v) is 5.62. The van der Waals surface area contributed by atoms with E-state index in [1.54, 1.807) is 0 Å². The van der Waals surface area contributed by atoms with Gasteiger partial charge in [-0.1, -0.05) is 0 Å². The highest BCUT2D eigenvalue weighted by Gasteiger charge is 2.09. The Morgan fingerprint density at radius 3 is 2.80 bits per heavy atom. The van der Waals surface area contributed by atoms with Gasteiger partial charge in [0.15, 0.2) is 5.43 Å². The third-order valence-corrected chi connectivity index (χ3v) is 2.66. The summed E-state index contributed by atoms with van der Waals surface area (Å²) in [6.45, 7) is 0.160. The first kappa shape index (κ1) is 13.5. The van der Waals surface area contributed by atoms with Gasteiger partial charge in [0.05, 0.1) is 11.6 Å². The van der Waals surface area contributed by atoms with Crippen LogP contribution in [-0.2, 0) is 6.54 Å². The van der Waals surface area contributed by atoms with Gasteiger partial charge in [-0.05, 0) is 23.8 Å². The van der Waals surface area contributed by atoms with E-state index in [1.165, 1.54) is 29.1 Å². The number of carbonyl (C=O) groups is 1. The van der Waals surface area contributed by atoms with E-state index in [0.717, 1.165) is 12.1 Å². The van der Waals surface area contributed by atoms with E-state index >= 15 is 0 Å². The van der Waals surface area contributed by atoms with Crippen LogP contribution in [-0.4, -0.2) is 15.6 Å². The summed E-state index contributed by atoms with van der Waals surface area (Å²) >= 11 is 0. The minimum Gasteiger partial charge on any atom is -0.477 e. The summed E-state index contributed by atoms with van der Waals surface area (Å²) in [6, 6.07) is 6.83. The lowest BCUT2D eigenvalue weighted by Crippen LogP contribution is -2.16. The normalized spacial score (nSPS) is 10.0. The third kappa shape index (κ3) is 2.90. The Kier molecular flexibility index (Phi) is 3.62. The van der Waals surface area contributed by atoms with Crippen LogP contribution in [0.4, 0.5) is 4.39 Å². The average Bonchev–Trinajstić information content (AvgIpc) is 2.40. The summed E-state index contributed by atoms with van der Waals surface area (Å²) in [5.74, 6) is -1.86. The number of aromatic carboxylic acids is 1. The molecule has 100 valence electrons. The molecule has 0 saturated carbocycles. The lowest BCUT2D eigenvalue weighted by Gasteiger charge is -2.08. The van der Waals surface area contributed by atoms with Crippen LogP contribution in [0.15, 0.2) is 41.5 Å². The van der Waals surface area contributed by atoms with Crippen molar-refractivity contribution in [2.24, 2.45) is 0 Å². The first-order valence-electron chi connectivity index (χ1n) is 5.62. The second kappa shape index (κ2) is 5.36. The van der Waals surface area contributed by atoms with Gasteiger partial charge in [0.1, 0.15) is 11.4 Å². The van der Waals surface area contributed by atoms with Crippen LogP contribution < -0.4 is 5.43 Å². The second-order valence-electron chi connectivity index (χ2n) is 4.16. The van der Waals surface area contributed by atoms with Crippen LogP contribution in [0, 0.1) is 17.1 Å². The number of carboxylic acid groups (broad SMARTS) is 1. The molecule has 0 aliphatic heterocycles. The summed E-state index contributed by atoms with van der Waals surface area (Å²) < 4.78 is 14.7. The molecular weight excluding hydrogens is 263 g/mol. The summed E-state index contributed by atoms with van der Waals surface area (Å²) in [5, 5.41) is 17.6. The molecule has 6 heteroatoms. The Hall–Kier alpha value is -2.94. The molecule has 0 unspecified atom stereocenters. The van der Waals surface area contributed by atoms with Crippen molar-refractivity contribution in [3.63, 3.8) is 0 Å². The zero-order valence-corrected chi connectivity index (χ0v) is 10.2. The number of hydrogen-bond acceptors (Lipinski definition) is 3. The summed E-state index contributed by atoms with van der Waals surface area (Å²) in [6.07, 6.45) is 2.59. The molecule has 0 amide bonds. The topological polar surface area (TPSA) is 83.1 Å². The molecule has 20 heavy (non-hydrogen) atoms. The fraction of sp³-hybridized carbons (Fsp3) is 0.0714. The molecule has 1 heterocycles. The molecule has 2 aromatic rings. The SMILES string of the molecule is N#Cc1cc(F)cc(Cn2ccc(=O)c(C(=O)O)c2)c1. The molecule has 1 aromatic heterocycles. The van der Waals surface area contributed by atoms with Gasteiger partial charge >= 0.3 is 5.97 Å². The zero-order chi connectivity index (χ0) is 14.7. The van der Waals surface area contributed by atoms with E-state index in [2.05, 4.69) is 0 Å². The van der Waals surface area contributed by atoms with E-state index < -0.39 is 17.2 Å². The second-order valence-corrected chi connectivity index (χ2v) is 4.16. The van der Waals surface area contributed by atoms with Crippen LogP contribution in [0.1, 0.15) is 21.5 Å². The van der Waals surface area contributed by atoms with E-state index in [-0.39, 0.29) is 17.7 Å². The number of rotatable bonds is 3. The van der Waals surface area contributed by atoms with Crippen LogP contribution in [0.25, 0.3) is 0 Å². The Balaban J connectivity index is 2.38. The lowest BCUT2D eigenvalue weighted by atomic mass is 10.1. The molecule has 0 aliphatic carbocycles. The fourth-order valence-corrected chi connectivity index (χ4v) is 1.80. The highest BCUT2D eigenvalue weighted by Crippen LogP contribution is 2.10. The Morgan fingerprint density at radius 1 is 1.40 bits per heavy atom. The minimum atomic E-state index is -1.32. The van der Waals surface area contributed by atoms with Crippen molar-refractivity contribution < 1.29 is 14.3 Å². The Labute approximate surface area is 113 Å². The molecule has 0 spiro atoms. The van der Waals surface area contributed by atoms with Gasteiger partial charge in [-0.3, -0.25) is 4.79 Å².